The molecule has 2 heterocycles. The molecule has 0 saturated carbocycles. The third-order valence-corrected chi connectivity index (χ3v) is 7.35. The largest absolute Gasteiger partial charge is 0.312 e. The monoisotopic (exact) mass is 364 g/mol. The van der Waals surface area contributed by atoms with E-state index in [-0.39, 0.29) is 4.21 Å². The Hall–Kier alpha value is -1.70. The summed E-state index contributed by atoms with van der Waals surface area (Å²) in [5.41, 5.74) is 3.33. The van der Waals surface area contributed by atoms with Gasteiger partial charge in [0.05, 0.1) is 10.2 Å². The summed E-state index contributed by atoms with van der Waals surface area (Å²) < 4.78 is 32.1. The predicted octanol–water partition coefficient (Wildman–Crippen LogP) is 3.86. The van der Waals surface area contributed by atoms with Crippen molar-refractivity contribution in [2.45, 2.75) is 24.6 Å². The summed E-state index contributed by atoms with van der Waals surface area (Å²) in [6.07, 6.45) is 1.75. The van der Waals surface area contributed by atoms with Gasteiger partial charge in [-0.2, -0.15) is 8.42 Å². The molecule has 0 unspecified atom stereocenters. The van der Waals surface area contributed by atoms with Crippen molar-refractivity contribution < 1.29 is 8.42 Å². The van der Waals surface area contributed by atoms with Crippen LogP contribution in [0.25, 0.3) is 10.2 Å². The van der Waals surface area contributed by atoms with Crippen LogP contribution in [0.5, 0.6) is 0 Å². The molecule has 0 spiro atoms. The molecule has 0 fully saturated rings. The molecule has 0 atom stereocenters. The van der Waals surface area contributed by atoms with Crippen LogP contribution < -0.4 is 4.80 Å². The Labute approximate surface area is 143 Å². The maximum atomic E-state index is 12.4. The molecule has 0 radical (unpaired) electrons. The molecule has 23 heavy (non-hydrogen) atoms. The molecule has 0 N–H and O–H groups in total. The van der Waals surface area contributed by atoms with Gasteiger partial charge in [-0.15, -0.1) is 22.3 Å². The molecule has 120 valence electrons. The van der Waals surface area contributed by atoms with E-state index in [0.29, 0.717) is 11.3 Å². The highest BCUT2D eigenvalue weighted by Crippen LogP contribution is 2.23. The summed E-state index contributed by atoms with van der Waals surface area (Å²) in [6, 6.07) is 7.43. The number of sulfonamides is 1. The standard InChI is InChI=1S/C16H16N2O2S3/c1-4-7-18-13-9-11(2)12(3)10-14(13)22-16(18)17-23(19,20)15-6-5-8-21-15/h4-6,8-10H,1,7H2,2-3H3. The number of hydrogen-bond donors (Lipinski definition) is 0. The fourth-order valence-electron chi connectivity index (χ4n) is 2.26. The number of rotatable bonds is 4. The number of thiazole rings is 1. The molecular weight excluding hydrogens is 348 g/mol. The normalized spacial score (nSPS) is 12.9. The topological polar surface area (TPSA) is 51.4 Å². The molecule has 7 heteroatoms. The first kappa shape index (κ1) is 16.2. The highest BCUT2D eigenvalue weighted by Gasteiger charge is 2.15. The molecule has 1 aromatic carbocycles. The highest BCUT2D eigenvalue weighted by molar-refractivity contribution is 7.92. The lowest BCUT2D eigenvalue weighted by Crippen LogP contribution is -2.16. The SMILES string of the molecule is C=CCn1c(=NS(=O)(=O)c2cccs2)sc2cc(C)c(C)cc21. The van der Waals surface area contributed by atoms with Crippen LogP contribution in [0.3, 0.4) is 0 Å². The van der Waals surface area contributed by atoms with Crippen LogP contribution >= 0.6 is 22.7 Å². The van der Waals surface area contributed by atoms with Gasteiger partial charge in [0.25, 0.3) is 10.0 Å². The third-order valence-electron chi connectivity index (χ3n) is 3.56. The number of hydrogen-bond acceptors (Lipinski definition) is 4. The molecular formula is C16H16N2O2S3. The van der Waals surface area contributed by atoms with Crippen LogP contribution in [0.2, 0.25) is 0 Å². The van der Waals surface area contributed by atoms with E-state index in [2.05, 4.69) is 23.1 Å². The smallest absolute Gasteiger partial charge is 0.294 e. The van der Waals surface area contributed by atoms with E-state index in [1.807, 2.05) is 18.4 Å². The summed E-state index contributed by atoms with van der Waals surface area (Å²) in [4.78, 5) is 0.471. The van der Waals surface area contributed by atoms with Gasteiger partial charge in [0.2, 0.25) is 4.80 Å². The van der Waals surface area contributed by atoms with Gasteiger partial charge in [-0.25, -0.2) is 0 Å². The maximum absolute atomic E-state index is 12.4. The first-order chi connectivity index (χ1) is 10.9. The lowest BCUT2D eigenvalue weighted by Gasteiger charge is -2.04. The number of nitrogens with zero attached hydrogens (tertiary/aromatic N) is 2. The average Bonchev–Trinajstić information content (AvgIpc) is 3.11. The number of aromatic nitrogens is 1. The van der Waals surface area contributed by atoms with Crippen molar-refractivity contribution in [3.63, 3.8) is 0 Å². The Morgan fingerprint density at radius 3 is 2.70 bits per heavy atom. The van der Waals surface area contributed by atoms with Crippen molar-refractivity contribution in [3.8, 4) is 0 Å². The summed E-state index contributed by atoms with van der Waals surface area (Å²) in [7, 11) is -3.68. The van der Waals surface area contributed by atoms with E-state index in [9.17, 15) is 8.42 Å². The molecule has 0 aliphatic heterocycles. The van der Waals surface area contributed by atoms with Gasteiger partial charge >= 0.3 is 0 Å². The van der Waals surface area contributed by atoms with Gasteiger partial charge in [-0.1, -0.05) is 23.5 Å². The van der Waals surface area contributed by atoms with Gasteiger partial charge < -0.3 is 4.57 Å². The first-order valence-electron chi connectivity index (χ1n) is 6.98. The van der Waals surface area contributed by atoms with Crippen LogP contribution in [0, 0.1) is 13.8 Å². The van der Waals surface area contributed by atoms with Crippen molar-refractivity contribution in [3.05, 3.63) is 58.2 Å². The second kappa shape index (κ2) is 6.07. The van der Waals surface area contributed by atoms with Crippen molar-refractivity contribution in [2.75, 3.05) is 0 Å². The average molecular weight is 365 g/mol. The second-order valence-electron chi connectivity index (χ2n) is 5.19. The zero-order valence-electron chi connectivity index (χ0n) is 12.8. The van der Waals surface area contributed by atoms with E-state index < -0.39 is 10.0 Å². The molecule has 3 rings (SSSR count). The summed E-state index contributed by atoms with van der Waals surface area (Å²) in [5.74, 6) is 0. The lowest BCUT2D eigenvalue weighted by molar-refractivity contribution is 0.598. The molecule has 4 nitrogen and oxygen atoms in total. The van der Waals surface area contributed by atoms with Crippen molar-refractivity contribution >= 4 is 42.9 Å². The molecule has 0 saturated heterocycles. The number of thiophene rings is 1. The molecule has 0 aliphatic carbocycles. The summed E-state index contributed by atoms with van der Waals surface area (Å²) in [6.45, 7) is 8.37. The van der Waals surface area contributed by atoms with E-state index in [1.165, 1.54) is 33.8 Å². The molecule has 0 aliphatic rings. The van der Waals surface area contributed by atoms with Gasteiger partial charge in [-0.05, 0) is 48.6 Å². The number of aryl methyl sites for hydroxylation is 2. The van der Waals surface area contributed by atoms with Crippen molar-refractivity contribution in [1.29, 1.82) is 0 Å². The van der Waals surface area contributed by atoms with Gasteiger partial charge in [0.1, 0.15) is 4.21 Å². The van der Waals surface area contributed by atoms with Crippen LogP contribution in [-0.4, -0.2) is 13.0 Å². The quantitative estimate of drug-likeness (QED) is 0.660. The van der Waals surface area contributed by atoms with E-state index in [4.69, 9.17) is 0 Å². The van der Waals surface area contributed by atoms with Crippen LogP contribution in [0.4, 0.5) is 0 Å². The van der Waals surface area contributed by atoms with E-state index in [1.54, 1.807) is 23.6 Å². The minimum Gasteiger partial charge on any atom is -0.312 e. The minimum absolute atomic E-state index is 0.257. The minimum atomic E-state index is -3.68. The van der Waals surface area contributed by atoms with Crippen LogP contribution in [0.15, 0.2) is 50.9 Å². The van der Waals surface area contributed by atoms with E-state index >= 15 is 0 Å². The van der Waals surface area contributed by atoms with Gasteiger partial charge in [0.15, 0.2) is 0 Å². The van der Waals surface area contributed by atoms with Crippen LogP contribution in [0.1, 0.15) is 11.1 Å². The molecule has 2 aromatic heterocycles. The molecule has 3 aromatic rings. The predicted molar refractivity (Wildman–Crippen MR) is 96.6 cm³/mol. The fraction of sp³-hybridized carbons (Fsp3) is 0.188. The second-order valence-corrected chi connectivity index (χ2v) is 8.97. The zero-order valence-corrected chi connectivity index (χ0v) is 15.3. The van der Waals surface area contributed by atoms with Gasteiger partial charge in [0, 0.05) is 6.54 Å². The maximum Gasteiger partial charge on any atom is 0.294 e. The fourth-order valence-corrected chi connectivity index (χ4v) is 5.55. The first-order valence-corrected chi connectivity index (χ1v) is 10.1. The molecule has 0 amide bonds. The van der Waals surface area contributed by atoms with Crippen molar-refractivity contribution in [2.24, 2.45) is 4.40 Å². The number of allylic oxidation sites excluding steroid dienone is 1. The Balaban J connectivity index is 2.31. The third kappa shape index (κ3) is 3.04. The lowest BCUT2D eigenvalue weighted by atomic mass is 10.1. The van der Waals surface area contributed by atoms with E-state index in [0.717, 1.165) is 10.2 Å². The Bertz CT molecular complexity index is 1040. The van der Waals surface area contributed by atoms with Gasteiger partial charge in [-0.3, -0.25) is 0 Å². The number of fused-ring (bicyclic) bond motifs is 1. The highest BCUT2D eigenvalue weighted by atomic mass is 32.2. The number of benzene rings is 1. The summed E-state index contributed by atoms with van der Waals surface area (Å²) in [5, 5.41) is 1.73. The van der Waals surface area contributed by atoms with Crippen LogP contribution in [-0.2, 0) is 16.6 Å². The Morgan fingerprint density at radius 1 is 1.30 bits per heavy atom. The zero-order chi connectivity index (χ0) is 16.6. The Morgan fingerprint density at radius 2 is 2.04 bits per heavy atom. The molecule has 0 bridgehead atoms. The van der Waals surface area contributed by atoms with Crippen molar-refractivity contribution in [1.82, 2.24) is 4.57 Å². The summed E-state index contributed by atoms with van der Waals surface area (Å²) >= 11 is 2.56. The Kier molecular flexibility index (Phi) is 4.27.